The van der Waals surface area contributed by atoms with Crippen LogP contribution in [0.15, 0.2) is 49.1 Å². The highest BCUT2D eigenvalue weighted by molar-refractivity contribution is 6.30. The first-order valence-corrected chi connectivity index (χ1v) is 8.32. The molecule has 3 heterocycles. The van der Waals surface area contributed by atoms with Crippen molar-refractivity contribution in [3.63, 3.8) is 0 Å². The van der Waals surface area contributed by atoms with E-state index < -0.39 is 5.60 Å². The van der Waals surface area contributed by atoms with E-state index in [0.717, 1.165) is 35.4 Å². The molecule has 5 nitrogen and oxygen atoms in total. The molecule has 2 aromatic heterocycles. The van der Waals surface area contributed by atoms with Crippen molar-refractivity contribution < 1.29 is 5.11 Å². The Balaban J connectivity index is 1.58. The number of fused-ring (bicyclic) bond motifs is 1. The van der Waals surface area contributed by atoms with Crippen molar-refractivity contribution in [3.05, 3.63) is 59.6 Å². The zero-order valence-corrected chi connectivity index (χ0v) is 13.8. The van der Waals surface area contributed by atoms with Gasteiger partial charge in [-0.05, 0) is 36.6 Å². The molecule has 1 saturated heterocycles. The fraction of sp³-hybridized carbons (Fsp3) is 0.278. The molecule has 1 aliphatic rings. The minimum absolute atomic E-state index is 0.644. The quantitative estimate of drug-likeness (QED) is 0.776. The van der Waals surface area contributed by atoms with Crippen molar-refractivity contribution in [2.24, 2.45) is 0 Å². The maximum absolute atomic E-state index is 11.0. The molecule has 0 amide bonds. The Morgan fingerprint density at radius 1 is 1.04 bits per heavy atom. The number of rotatable bonds is 2. The molecule has 6 heteroatoms. The van der Waals surface area contributed by atoms with E-state index in [1.165, 1.54) is 0 Å². The average molecular weight is 341 g/mol. The van der Waals surface area contributed by atoms with Crippen molar-refractivity contribution in [2.45, 2.75) is 18.4 Å². The lowest BCUT2D eigenvalue weighted by atomic mass is 9.84. The van der Waals surface area contributed by atoms with Crippen LogP contribution in [0.3, 0.4) is 0 Å². The van der Waals surface area contributed by atoms with E-state index in [1.54, 1.807) is 18.7 Å². The zero-order chi connectivity index (χ0) is 16.6. The molecule has 1 N–H and O–H groups in total. The molecule has 0 aliphatic carbocycles. The van der Waals surface area contributed by atoms with Crippen molar-refractivity contribution in [1.82, 2.24) is 15.0 Å². The third kappa shape index (κ3) is 2.70. The lowest BCUT2D eigenvalue weighted by Gasteiger charge is -2.39. The van der Waals surface area contributed by atoms with Crippen LogP contribution in [-0.4, -0.2) is 33.1 Å². The summed E-state index contributed by atoms with van der Waals surface area (Å²) in [6.07, 6.45) is 6.35. The number of benzene rings is 1. The zero-order valence-electron chi connectivity index (χ0n) is 13.1. The van der Waals surface area contributed by atoms with Gasteiger partial charge in [0.1, 0.15) is 12.1 Å². The van der Waals surface area contributed by atoms with Gasteiger partial charge in [-0.2, -0.15) is 0 Å². The predicted octanol–water partition coefficient (Wildman–Crippen LogP) is 3.17. The summed E-state index contributed by atoms with van der Waals surface area (Å²) in [7, 11) is 0. The summed E-state index contributed by atoms with van der Waals surface area (Å²) in [6, 6.07) is 9.40. The Morgan fingerprint density at radius 3 is 2.54 bits per heavy atom. The highest BCUT2D eigenvalue weighted by Gasteiger charge is 2.34. The van der Waals surface area contributed by atoms with E-state index in [-0.39, 0.29) is 0 Å². The van der Waals surface area contributed by atoms with Gasteiger partial charge in [-0.25, -0.2) is 9.97 Å². The summed E-state index contributed by atoms with van der Waals surface area (Å²) in [4.78, 5) is 15.0. The first-order chi connectivity index (χ1) is 11.7. The summed E-state index contributed by atoms with van der Waals surface area (Å²) >= 11 is 5.95. The Hall–Kier alpha value is -2.24. The fourth-order valence-electron chi connectivity index (χ4n) is 3.28. The van der Waals surface area contributed by atoms with Gasteiger partial charge < -0.3 is 10.0 Å². The van der Waals surface area contributed by atoms with Gasteiger partial charge in [0.25, 0.3) is 0 Å². The number of aliphatic hydroxyl groups is 1. The van der Waals surface area contributed by atoms with E-state index in [1.807, 2.05) is 30.3 Å². The highest BCUT2D eigenvalue weighted by atomic mass is 35.5. The van der Waals surface area contributed by atoms with Crippen molar-refractivity contribution >= 4 is 28.3 Å². The Morgan fingerprint density at radius 2 is 1.79 bits per heavy atom. The van der Waals surface area contributed by atoms with Crippen LogP contribution in [0.25, 0.3) is 10.9 Å². The van der Waals surface area contributed by atoms with Crippen molar-refractivity contribution in [3.8, 4) is 0 Å². The molecule has 122 valence electrons. The van der Waals surface area contributed by atoms with Crippen LogP contribution in [0, 0.1) is 0 Å². The molecule has 3 aromatic rings. The van der Waals surface area contributed by atoms with Gasteiger partial charge in [0, 0.05) is 29.7 Å². The van der Waals surface area contributed by atoms with E-state index in [9.17, 15) is 5.11 Å². The Kier molecular flexibility index (Phi) is 3.82. The Bertz CT molecular complexity index is 855. The molecular formula is C18H17ClN4O. The third-order valence-electron chi connectivity index (χ3n) is 4.69. The summed E-state index contributed by atoms with van der Waals surface area (Å²) in [5, 5.41) is 12.7. The maximum atomic E-state index is 11.0. The van der Waals surface area contributed by atoms with Crippen LogP contribution in [0.2, 0.25) is 5.02 Å². The standard InChI is InChI=1S/C18H17ClN4O/c19-14-3-1-13(2-4-14)18(24)6-9-23(10-7-18)17-15-5-8-20-11-16(15)21-12-22-17/h1-5,8,11-12,24H,6-7,9-10H2. The maximum Gasteiger partial charge on any atom is 0.139 e. The molecule has 0 radical (unpaired) electrons. The van der Waals surface area contributed by atoms with Gasteiger partial charge in [0.2, 0.25) is 0 Å². The SMILES string of the molecule is OC1(c2ccc(Cl)cc2)CCN(c2ncnc3cnccc23)CC1. The smallest absolute Gasteiger partial charge is 0.139 e. The number of hydrogen-bond donors (Lipinski definition) is 1. The molecule has 4 rings (SSSR count). The lowest BCUT2D eigenvalue weighted by molar-refractivity contribution is 0.0117. The van der Waals surface area contributed by atoms with Crippen LogP contribution in [-0.2, 0) is 5.60 Å². The number of nitrogens with zero attached hydrogens (tertiary/aromatic N) is 4. The summed E-state index contributed by atoms with van der Waals surface area (Å²) in [6.45, 7) is 1.46. The first kappa shape index (κ1) is 15.3. The highest BCUT2D eigenvalue weighted by Crippen LogP contribution is 2.35. The molecule has 1 aromatic carbocycles. The van der Waals surface area contributed by atoms with Crippen LogP contribution in [0.1, 0.15) is 18.4 Å². The minimum Gasteiger partial charge on any atom is -0.385 e. The van der Waals surface area contributed by atoms with Gasteiger partial charge in [0.05, 0.1) is 17.3 Å². The van der Waals surface area contributed by atoms with Crippen LogP contribution in [0.4, 0.5) is 5.82 Å². The number of hydrogen-bond acceptors (Lipinski definition) is 5. The van der Waals surface area contributed by atoms with Gasteiger partial charge >= 0.3 is 0 Å². The number of aromatic nitrogens is 3. The number of piperidine rings is 1. The molecule has 0 spiro atoms. The molecule has 24 heavy (non-hydrogen) atoms. The summed E-state index contributed by atoms with van der Waals surface area (Å²) in [5.41, 5.74) is 0.940. The van der Waals surface area contributed by atoms with E-state index in [0.29, 0.717) is 17.9 Å². The van der Waals surface area contributed by atoms with E-state index in [4.69, 9.17) is 11.6 Å². The second kappa shape index (κ2) is 6.00. The van der Waals surface area contributed by atoms with Gasteiger partial charge in [-0.15, -0.1) is 0 Å². The molecule has 0 bridgehead atoms. The summed E-state index contributed by atoms with van der Waals surface area (Å²) in [5.74, 6) is 0.903. The first-order valence-electron chi connectivity index (χ1n) is 7.94. The predicted molar refractivity (Wildman–Crippen MR) is 94.1 cm³/mol. The van der Waals surface area contributed by atoms with Crippen LogP contribution >= 0.6 is 11.6 Å². The van der Waals surface area contributed by atoms with Gasteiger partial charge in [-0.3, -0.25) is 4.98 Å². The number of halogens is 1. The van der Waals surface area contributed by atoms with Gasteiger partial charge in [0.15, 0.2) is 0 Å². The van der Waals surface area contributed by atoms with Crippen molar-refractivity contribution in [1.29, 1.82) is 0 Å². The number of anilines is 1. The third-order valence-corrected chi connectivity index (χ3v) is 4.94. The lowest BCUT2D eigenvalue weighted by Crippen LogP contribution is -2.43. The van der Waals surface area contributed by atoms with Gasteiger partial charge in [-0.1, -0.05) is 23.7 Å². The second-order valence-corrected chi connectivity index (χ2v) is 6.55. The Labute approximate surface area is 145 Å². The van der Waals surface area contributed by atoms with Crippen LogP contribution in [0.5, 0.6) is 0 Å². The molecular weight excluding hydrogens is 324 g/mol. The normalized spacial score (nSPS) is 17.2. The van der Waals surface area contributed by atoms with E-state index in [2.05, 4.69) is 19.9 Å². The fourth-order valence-corrected chi connectivity index (χ4v) is 3.41. The monoisotopic (exact) mass is 340 g/mol. The molecule has 0 unspecified atom stereocenters. The minimum atomic E-state index is -0.814. The number of pyridine rings is 1. The largest absolute Gasteiger partial charge is 0.385 e. The van der Waals surface area contributed by atoms with Crippen LogP contribution < -0.4 is 4.90 Å². The van der Waals surface area contributed by atoms with Crippen molar-refractivity contribution in [2.75, 3.05) is 18.0 Å². The topological polar surface area (TPSA) is 62.1 Å². The molecule has 1 fully saturated rings. The average Bonchev–Trinajstić information content (AvgIpc) is 2.62. The molecule has 0 atom stereocenters. The summed E-state index contributed by atoms with van der Waals surface area (Å²) < 4.78 is 0. The second-order valence-electron chi connectivity index (χ2n) is 6.12. The molecule has 1 aliphatic heterocycles. The van der Waals surface area contributed by atoms with E-state index >= 15 is 0 Å². The molecule has 0 saturated carbocycles.